The van der Waals surface area contributed by atoms with Crippen molar-refractivity contribution >= 4 is 12.1 Å². The van der Waals surface area contributed by atoms with E-state index >= 15 is 0 Å². The van der Waals surface area contributed by atoms with Gasteiger partial charge >= 0.3 is 12.1 Å². The summed E-state index contributed by atoms with van der Waals surface area (Å²) in [6.45, 7) is 7.09. The molecule has 0 bridgehead atoms. The monoisotopic (exact) mass is 546 g/mol. The number of hydrogen-bond donors (Lipinski definition) is 0. The van der Waals surface area contributed by atoms with Gasteiger partial charge in [0.25, 0.3) is 0 Å². The fourth-order valence-corrected chi connectivity index (χ4v) is 4.46. The van der Waals surface area contributed by atoms with E-state index in [4.69, 9.17) is 9.47 Å². The first-order valence-electron chi connectivity index (χ1n) is 16.4. The Morgan fingerprint density at radius 2 is 1.08 bits per heavy atom. The normalized spacial score (nSPS) is 11.9. The highest BCUT2D eigenvalue weighted by Gasteiger charge is 2.11. The predicted octanol–water partition coefficient (Wildman–Crippen LogP) is 11.6. The Bertz CT molecular complexity index is 633. The van der Waals surface area contributed by atoms with E-state index in [9.17, 15) is 9.59 Å². The van der Waals surface area contributed by atoms with Gasteiger partial charge in [0.15, 0.2) is 0 Å². The molecular formula is C35H62O4. The molecule has 0 aliphatic carbocycles. The lowest BCUT2D eigenvalue weighted by atomic mass is 10.0. The minimum absolute atomic E-state index is 0.284. The molecule has 0 radical (unpaired) electrons. The van der Waals surface area contributed by atoms with Crippen molar-refractivity contribution in [3.05, 3.63) is 36.5 Å². The Morgan fingerprint density at radius 3 is 1.67 bits per heavy atom. The number of rotatable bonds is 27. The average molecular weight is 547 g/mol. The summed E-state index contributed by atoms with van der Waals surface area (Å²) in [6.07, 6.45) is 37.4. The smallest absolute Gasteiger partial charge is 0.434 e. The van der Waals surface area contributed by atoms with Crippen LogP contribution in [0.1, 0.15) is 162 Å². The number of esters is 1. The summed E-state index contributed by atoms with van der Waals surface area (Å²) in [5.41, 5.74) is 0. The fraction of sp³-hybridized carbons (Fsp3) is 0.771. The summed E-state index contributed by atoms with van der Waals surface area (Å²) in [5, 5.41) is 0. The fourth-order valence-electron chi connectivity index (χ4n) is 4.46. The minimum atomic E-state index is -0.840. The highest BCUT2D eigenvalue weighted by molar-refractivity contribution is 5.81. The largest absolute Gasteiger partial charge is 0.516 e. The molecular weight excluding hydrogens is 484 g/mol. The second-order valence-electron chi connectivity index (χ2n) is 11.2. The van der Waals surface area contributed by atoms with E-state index in [1.807, 2.05) is 0 Å². The molecule has 4 nitrogen and oxygen atoms in total. The van der Waals surface area contributed by atoms with Crippen molar-refractivity contribution in [1.29, 1.82) is 0 Å². The van der Waals surface area contributed by atoms with Crippen LogP contribution in [-0.4, -0.2) is 18.7 Å². The van der Waals surface area contributed by atoms with Gasteiger partial charge in [-0.1, -0.05) is 147 Å². The molecule has 0 aliphatic heterocycles. The third kappa shape index (κ3) is 32.3. The van der Waals surface area contributed by atoms with Gasteiger partial charge in [-0.3, -0.25) is 4.79 Å². The van der Waals surface area contributed by atoms with Crippen molar-refractivity contribution in [2.45, 2.75) is 162 Å². The van der Waals surface area contributed by atoms with Gasteiger partial charge < -0.3 is 9.47 Å². The van der Waals surface area contributed by atoms with Crippen LogP contribution in [0.15, 0.2) is 36.5 Å². The average Bonchev–Trinajstić information content (AvgIpc) is 2.90. The van der Waals surface area contributed by atoms with Crippen LogP contribution in [0.2, 0.25) is 0 Å². The van der Waals surface area contributed by atoms with E-state index in [1.54, 1.807) is 0 Å². The van der Waals surface area contributed by atoms with Gasteiger partial charge in [0.05, 0.1) is 6.61 Å². The van der Waals surface area contributed by atoms with E-state index < -0.39 is 12.1 Å². The Balaban J connectivity index is 3.38. The quantitative estimate of drug-likeness (QED) is 0.0445. The molecule has 0 aromatic carbocycles. The Labute approximate surface area is 242 Å². The summed E-state index contributed by atoms with van der Waals surface area (Å²) >= 11 is 0. The lowest BCUT2D eigenvalue weighted by Crippen LogP contribution is -2.14. The van der Waals surface area contributed by atoms with Crippen molar-refractivity contribution in [2.75, 3.05) is 6.61 Å². The first-order valence-corrected chi connectivity index (χ1v) is 16.4. The lowest BCUT2D eigenvalue weighted by Gasteiger charge is -2.06. The number of hydrogen-bond acceptors (Lipinski definition) is 4. The molecule has 0 aromatic rings. The van der Waals surface area contributed by atoms with Crippen LogP contribution in [0.4, 0.5) is 4.79 Å². The van der Waals surface area contributed by atoms with Gasteiger partial charge in [-0.05, 0) is 50.9 Å². The van der Waals surface area contributed by atoms with Crippen LogP contribution in [-0.2, 0) is 14.3 Å². The zero-order chi connectivity index (χ0) is 28.7. The molecule has 0 saturated carbocycles. The lowest BCUT2D eigenvalue weighted by molar-refractivity contribution is -0.139. The van der Waals surface area contributed by atoms with Crippen LogP contribution < -0.4 is 0 Å². The summed E-state index contributed by atoms with van der Waals surface area (Å²) in [6, 6.07) is 0. The van der Waals surface area contributed by atoms with Gasteiger partial charge in [-0.15, -0.1) is 0 Å². The van der Waals surface area contributed by atoms with Crippen LogP contribution >= 0.6 is 0 Å². The Kier molecular flexibility index (Phi) is 29.2. The van der Waals surface area contributed by atoms with E-state index in [0.29, 0.717) is 6.61 Å². The van der Waals surface area contributed by atoms with Gasteiger partial charge in [0.1, 0.15) is 0 Å². The molecule has 0 N–H and O–H groups in total. The Hall–Kier alpha value is -1.84. The van der Waals surface area contributed by atoms with Crippen molar-refractivity contribution in [3.8, 4) is 0 Å². The van der Waals surface area contributed by atoms with Crippen molar-refractivity contribution in [2.24, 2.45) is 5.92 Å². The third-order valence-electron chi connectivity index (χ3n) is 6.87. The minimum Gasteiger partial charge on any atom is -0.434 e. The van der Waals surface area contributed by atoms with E-state index in [2.05, 4.69) is 57.2 Å². The highest BCUT2D eigenvalue weighted by Crippen LogP contribution is 2.14. The first-order chi connectivity index (χ1) is 19.1. The van der Waals surface area contributed by atoms with Crippen molar-refractivity contribution in [1.82, 2.24) is 0 Å². The van der Waals surface area contributed by atoms with Crippen LogP contribution in [0.3, 0.4) is 0 Å². The summed E-state index contributed by atoms with van der Waals surface area (Å²) in [5.74, 6) is 0.370. The molecule has 0 saturated heterocycles. The van der Waals surface area contributed by atoms with E-state index in [-0.39, 0.29) is 6.42 Å². The summed E-state index contributed by atoms with van der Waals surface area (Å²) < 4.78 is 9.82. The maximum absolute atomic E-state index is 11.8. The van der Waals surface area contributed by atoms with Gasteiger partial charge in [0, 0.05) is 6.42 Å². The summed E-state index contributed by atoms with van der Waals surface area (Å²) in [4.78, 5) is 23.5. The zero-order valence-electron chi connectivity index (χ0n) is 25.9. The van der Waals surface area contributed by atoms with E-state index in [0.717, 1.165) is 70.1 Å². The number of carbonyl (C=O) groups is 2. The van der Waals surface area contributed by atoms with Gasteiger partial charge in [-0.25, -0.2) is 4.79 Å². The molecule has 0 aromatic heterocycles. The second kappa shape index (κ2) is 30.7. The summed E-state index contributed by atoms with van der Waals surface area (Å²) in [7, 11) is 0. The standard InChI is InChI=1S/C35H62O4/c1-4-5-6-7-8-9-10-11-12-13-16-19-22-25-28-31-34(36)39-35(37)38-32-29-26-23-20-17-14-15-18-21-24-27-30-33(2)3/h5-6,8-9,11-12,33H,4,7,10,13-32H2,1-3H3/b6-5-,9-8-,12-11-. The molecule has 226 valence electrons. The SMILES string of the molecule is CC/C=C\C/C=C\C/C=C\CCCCCCCC(=O)OC(=O)OCCCCCCCCCCCCCC(C)C. The third-order valence-corrected chi connectivity index (χ3v) is 6.87. The van der Waals surface area contributed by atoms with Gasteiger partial charge in [0.2, 0.25) is 0 Å². The first kappa shape index (κ1) is 37.2. The van der Waals surface area contributed by atoms with Crippen LogP contribution in [0, 0.1) is 5.92 Å². The predicted molar refractivity (Wildman–Crippen MR) is 167 cm³/mol. The molecule has 0 amide bonds. The zero-order valence-corrected chi connectivity index (χ0v) is 25.9. The molecule has 4 heteroatoms. The molecule has 0 atom stereocenters. The molecule has 0 aliphatic rings. The molecule has 0 heterocycles. The second-order valence-corrected chi connectivity index (χ2v) is 11.2. The topological polar surface area (TPSA) is 52.6 Å². The molecule has 39 heavy (non-hydrogen) atoms. The number of ether oxygens (including phenoxy) is 2. The number of allylic oxidation sites excluding steroid dienone is 6. The van der Waals surface area contributed by atoms with Crippen molar-refractivity contribution in [3.63, 3.8) is 0 Å². The maximum atomic E-state index is 11.8. The highest BCUT2D eigenvalue weighted by atomic mass is 16.7. The van der Waals surface area contributed by atoms with Crippen LogP contribution in [0.25, 0.3) is 0 Å². The van der Waals surface area contributed by atoms with Crippen molar-refractivity contribution < 1.29 is 19.1 Å². The molecule has 0 spiro atoms. The van der Waals surface area contributed by atoms with Gasteiger partial charge in [-0.2, -0.15) is 0 Å². The number of carbonyl (C=O) groups excluding carboxylic acids is 2. The molecule has 0 fully saturated rings. The number of unbranched alkanes of at least 4 members (excludes halogenated alkanes) is 15. The molecule has 0 rings (SSSR count). The van der Waals surface area contributed by atoms with Crippen LogP contribution in [0.5, 0.6) is 0 Å². The maximum Gasteiger partial charge on any atom is 0.516 e. The van der Waals surface area contributed by atoms with E-state index in [1.165, 1.54) is 70.6 Å². The Morgan fingerprint density at radius 1 is 0.590 bits per heavy atom. The molecule has 0 unspecified atom stereocenters.